The van der Waals surface area contributed by atoms with Gasteiger partial charge in [-0.1, -0.05) is 36.4 Å². The molecule has 0 saturated heterocycles. The van der Waals surface area contributed by atoms with Crippen LogP contribution in [0.5, 0.6) is 0 Å². The molecule has 1 N–H and O–H groups in total. The highest BCUT2D eigenvalue weighted by atomic mass is 127. The molecular formula is C15H20IN3S. The number of guanidine groups is 1. The zero-order valence-corrected chi connectivity index (χ0v) is 14.9. The monoisotopic (exact) mass is 401 g/mol. The third-order valence-electron chi connectivity index (χ3n) is 2.68. The van der Waals surface area contributed by atoms with E-state index in [2.05, 4.69) is 40.0 Å². The molecule has 108 valence electrons. The summed E-state index contributed by atoms with van der Waals surface area (Å²) >= 11 is 1.76. The Kier molecular flexibility index (Phi) is 7.61. The Morgan fingerprint density at radius 1 is 1.15 bits per heavy atom. The van der Waals surface area contributed by atoms with Gasteiger partial charge in [0.25, 0.3) is 0 Å². The molecule has 0 aliphatic carbocycles. The molecule has 1 heterocycles. The van der Waals surface area contributed by atoms with Crippen LogP contribution in [-0.4, -0.2) is 25.0 Å². The van der Waals surface area contributed by atoms with Crippen LogP contribution in [0.1, 0.15) is 10.4 Å². The third kappa shape index (κ3) is 5.50. The zero-order valence-electron chi connectivity index (χ0n) is 11.7. The Bertz CT molecular complexity index is 509. The number of thiophene rings is 1. The van der Waals surface area contributed by atoms with Crippen LogP contribution in [0.2, 0.25) is 0 Å². The van der Waals surface area contributed by atoms with Crippen molar-refractivity contribution in [1.29, 1.82) is 0 Å². The normalized spacial score (nSPS) is 10.8. The average Bonchev–Trinajstić information content (AvgIpc) is 2.92. The lowest BCUT2D eigenvalue weighted by Crippen LogP contribution is -2.35. The molecule has 2 aromatic rings. The summed E-state index contributed by atoms with van der Waals surface area (Å²) < 4.78 is 0. The number of rotatable bonds is 4. The third-order valence-corrected chi connectivity index (χ3v) is 3.56. The first-order valence-corrected chi connectivity index (χ1v) is 7.15. The molecule has 0 spiro atoms. The van der Waals surface area contributed by atoms with Gasteiger partial charge in [-0.05, 0) is 17.0 Å². The highest BCUT2D eigenvalue weighted by Crippen LogP contribution is 2.07. The van der Waals surface area contributed by atoms with Crippen LogP contribution in [0.15, 0.2) is 52.8 Å². The molecule has 1 aromatic heterocycles. The van der Waals surface area contributed by atoms with Crippen LogP contribution in [0.4, 0.5) is 0 Å². The molecule has 0 saturated carbocycles. The first-order chi connectivity index (χ1) is 9.25. The number of hydrogen-bond donors (Lipinski definition) is 1. The molecule has 0 unspecified atom stereocenters. The lowest BCUT2D eigenvalue weighted by Gasteiger charge is -2.17. The van der Waals surface area contributed by atoms with Gasteiger partial charge in [-0.15, -0.1) is 35.3 Å². The Balaban J connectivity index is 0.00000200. The van der Waals surface area contributed by atoms with E-state index in [-0.39, 0.29) is 24.0 Å². The molecule has 0 aliphatic rings. The fraction of sp³-hybridized carbons (Fsp3) is 0.267. The second kappa shape index (κ2) is 8.97. The van der Waals surface area contributed by atoms with Crippen molar-refractivity contribution in [1.82, 2.24) is 10.2 Å². The van der Waals surface area contributed by atoms with E-state index in [0.29, 0.717) is 6.54 Å². The molecule has 2 rings (SSSR count). The summed E-state index contributed by atoms with van der Waals surface area (Å²) in [6, 6.07) is 14.5. The highest BCUT2D eigenvalue weighted by molar-refractivity contribution is 14.0. The molecule has 0 aliphatic heterocycles. The fourth-order valence-electron chi connectivity index (χ4n) is 1.68. The minimum atomic E-state index is 0. The van der Waals surface area contributed by atoms with Gasteiger partial charge >= 0.3 is 0 Å². The van der Waals surface area contributed by atoms with E-state index in [1.807, 2.05) is 37.2 Å². The van der Waals surface area contributed by atoms with Crippen molar-refractivity contribution in [3.8, 4) is 0 Å². The van der Waals surface area contributed by atoms with Gasteiger partial charge in [0.05, 0.1) is 13.1 Å². The minimum absolute atomic E-state index is 0. The second-order valence-electron chi connectivity index (χ2n) is 4.45. The fourth-order valence-corrected chi connectivity index (χ4v) is 2.33. The van der Waals surface area contributed by atoms with Gasteiger partial charge in [0.2, 0.25) is 0 Å². The number of hydrogen-bond acceptors (Lipinski definition) is 2. The molecule has 0 bridgehead atoms. The first kappa shape index (κ1) is 17.0. The predicted molar refractivity (Wildman–Crippen MR) is 97.8 cm³/mol. The largest absolute Gasteiger partial charge is 0.351 e. The van der Waals surface area contributed by atoms with Gasteiger partial charge in [0.1, 0.15) is 0 Å². The van der Waals surface area contributed by atoms with E-state index >= 15 is 0 Å². The SMILES string of the molecule is CN(C)C(=NCc1ccccc1)NCc1cccs1.I. The second-order valence-corrected chi connectivity index (χ2v) is 5.49. The molecule has 20 heavy (non-hydrogen) atoms. The van der Waals surface area contributed by atoms with E-state index in [9.17, 15) is 0 Å². The maximum Gasteiger partial charge on any atom is 0.194 e. The van der Waals surface area contributed by atoms with Crippen LogP contribution < -0.4 is 5.32 Å². The van der Waals surface area contributed by atoms with Gasteiger partial charge in [-0.25, -0.2) is 4.99 Å². The summed E-state index contributed by atoms with van der Waals surface area (Å²) in [7, 11) is 4.01. The van der Waals surface area contributed by atoms with Gasteiger partial charge in [-0.3, -0.25) is 0 Å². The molecule has 1 aromatic carbocycles. The van der Waals surface area contributed by atoms with Gasteiger partial charge in [0, 0.05) is 19.0 Å². The summed E-state index contributed by atoms with van der Waals surface area (Å²) in [6.07, 6.45) is 0. The molecule has 0 atom stereocenters. The molecule has 3 nitrogen and oxygen atoms in total. The number of benzene rings is 1. The molecule has 0 radical (unpaired) electrons. The first-order valence-electron chi connectivity index (χ1n) is 6.27. The zero-order chi connectivity index (χ0) is 13.5. The van der Waals surface area contributed by atoms with Gasteiger partial charge < -0.3 is 10.2 Å². The van der Waals surface area contributed by atoms with Crippen molar-refractivity contribution in [2.24, 2.45) is 4.99 Å². The summed E-state index contributed by atoms with van der Waals surface area (Å²) in [6.45, 7) is 1.52. The van der Waals surface area contributed by atoms with E-state index in [1.54, 1.807) is 11.3 Å². The van der Waals surface area contributed by atoms with Crippen LogP contribution in [0.25, 0.3) is 0 Å². The van der Waals surface area contributed by atoms with Crippen LogP contribution in [-0.2, 0) is 13.1 Å². The van der Waals surface area contributed by atoms with Crippen molar-refractivity contribution in [2.75, 3.05) is 14.1 Å². The Hall–Kier alpha value is -1.08. The molecule has 0 amide bonds. The van der Waals surface area contributed by atoms with E-state index < -0.39 is 0 Å². The minimum Gasteiger partial charge on any atom is -0.351 e. The Morgan fingerprint density at radius 3 is 2.50 bits per heavy atom. The number of nitrogens with one attached hydrogen (secondary N) is 1. The maximum atomic E-state index is 4.63. The molecule has 0 fully saturated rings. The van der Waals surface area contributed by atoms with Crippen molar-refractivity contribution >= 4 is 41.3 Å². The van der Waals surface area contributed by atoms with Gasteiger partial charge in [-0.2, -0.15) is 0 Å². The lowest BCUT2D eigenvalue weighted by atomic mass is 10.2. The Labute approximate surface area is 141 Å². The number of halogens is 1. The van der Waals surface area contributed by atoms with Crippen molar-refractivity contribution in [3.63, 3.8) is 0 Å². The topological polar surface area (TPSA) is 27.6 Å². The average molecular weight is 401 g/mol. The highest BCUT2D eigenvalue weighted by Gasteiger charge is 2.02. The van der Waals surface area contributed by atoms with E-state index in [4.69, 9.17) is 0 Å². The van der Waals surface area contributed by atoms with Crippen LogP contribution >= 0.6 is 35.3 Å². The molecule has 5 heteroatoms. The summed E-state index contributed by atoms with van der Waals surface area (Å²) in [4.78, 5) is 7.95. The van der Waals surface area contributed by atoms with E-state index in [1.165, 1.54) is 10.4 Å². The summed E-state index contributed by atoms with van der Waals surface area (Å²) in [5.41, 5.74) is 1.22. The van der Waals surface area contributed by atoms with Crippen molar-refractivity contribution in [2.45, 2.75) is 13.1 Å². The molecular weight excluding hydrogens is 381 g/mol. The summed E-state index contributed by atoms with van der Waals surface area (Å²) in [5.74, 6) is 0.914. The van der Waals surface area contributed by atoms with Crippen LogP contribution in [0.3, 0.4) is 0 Å². The van der Waals surface area contributed by atoms with Crippen LogP contribution in [0, 0.1) is 0 Å². The predicted octanol–water partition coefficient (Wildman–Crippen LogP) is 3.57. The smallest absolute Gasteiger partial charge is 0.194 e. The lowest BCUT2D eigenvalue weighted by molar-refractivity contribution is 0.579. The van der Waals surface area contributed by atoms with E-state index in [0.717, 1.165) is 12.5 Å². The summed E-state index contributed by atoms with van der Waals surface area (Å²) in [5, 5.41) is 5.47. The van der Waals surface area contributed by atoms with Gasteiger partial charge in [0.15, 0.2) is 5.96 Å². The van der Waals surface area contributed by atoms with Crippen molar-refractivity contribution < 1.29 is 0 Å². The Morgan fingerprint density at radius 2 is 1.90 bits per heavy atom. The maximum absolute atomic E-state index is 4.63. The number of nitrogens with zero attached hydrogens (tertiary/aromatic N) is 2. The quantitative estimate of drug-likeness (QED) is 0.482. The standard InChI is InChI=1S/C15H19N3S.HI/c1-18(2)15(17-12-14-9-6-10-19-14)16-11-13-7-4-3-5-8-13;/h3-10H,11-12H2,1-2H3,(H,16,17);1H. The number of aliphatic imine (C=N–C) groups is 1. The van der Waals surface area contributed by atoms with Crippen molar-refractivity contribution in [3.05, 3.63) is 58.3 Å².